The van der Waals surface area contributed by atoms with Gasteiger partial charge in [-0.2, -0.15) is 0 Å². The third-order valence-corrected chi connectivity index (χ3v) is 3.97. The predicted molar refractivity (Wildman–Crippen MR) is 82.6 cm³/mol. The zero-order valence-electron chi connectivity index (χ0n) is 10.6. The zero-order chi connectivity index (χ0) is 14.3. The van der Waals surface area contributed by atoms with Crippen molar-refractivity contribution in [2.24, 2.45) is 0 Å². The number of fused-ring (bicyclic) bond motifs is 1. The number of nitrogens with one attached hydrogen (secondary N) is 1. The van der Waals surface area contributed by atoms with E-state index in [0.717, 1.165) is 16.7 Å². The summed E-state index contributed by atoms with van der Waals surface area (Å²) in [6, 6.07) is 9.14. The normalized spacial score (nSPS) is 10.9. The Bertz CT molecular complexity index is 871. The Balaban J connectivity index is 2.40. The molecule has 0 aliphatic heterocycles. The van der Waals surface area contributed by atoms with E-state index in [1.54, 1.807) is 12.1 Å². The first-order chi connectivity index (χ1) is 9.58. The highest BCUT2D eigenvalue weighted by Crippen LogP contribution is 2.31. The lowest BCUT2D eigenvalue weighted by molar-refractivity contribution is 1.16. The van der Waals surface area contributed by atoms with Crippen molar-refractivity contribution in [1.82, 2.24) is 9.97 Å². The molecule has 1 N–H and O–H groups in total. The van der Waals surface area contributed by atoms with Crippen LogP contribution in [0.15, 0.2) is 41.5 Å². The molecule has 20 heavy (non-hydrogen) atoms. The van der Waals surface area contributed by atoms with E-state index in [-0.39, 0.29) is 5.56 Å². The van der Waals surface area contributed by atoms with Gasteiger partial charge in [0.1, 0.15) is 0 Å². The molecule has 0 radical (unpaired) electrons. The number of nitrogens with zero attached hydrogens (tertiary/aromatic N) is 1. The summed E-state index contributed by atoms with van der Waals surface area (Å²) < 4.78 is 0. The van der Waals surface area contributed by atoms with Crippen LogP contribution in [-0.2, 0) is 0 Å². The maximum atomic E-state index is 12.1. The van der Waals surface area contributed by atoms with Crippen LogP contribution in [0.5, 0.6) is 0 Å². The van der Waals surface area contributed by atoms with Gasteiger partial charge in [-0.15, -0.1) is 0 Å². The van der Waals surface area contributed by atoms with E-state index in [9.17, 15) is 4.79 Å². The van der Waals surface area contributed by atoms with Gasteiger partial charge in [0.25, 0.3) is 5.56 Å². The Morgan fingerprint density at radius 3 is 2.65 bits per heavy atom. The smallest absolute Gasteiger partial charge is 0.259 e. The second kappa shape index (κ2) is 4.93. The average Bonchev–Trinajstić information content (AvgIpc) is 2.43. The van der Waals surface area contributed by atoms with Crippen LogP contribution in [0.4, 0.5) is 0 Å². The quantitative estimate of drug-likeness (QED) is 0.732. The van der Waals surface area contributed by atoms with E-state index in [0.29, 0.717) is 20.9 Å². The SMILES string of the molecule is Cc1ccc(-c2ccc(Cl)c(Cl)c2)c2c(=O)[nH]cnc12. The van der Waals surface area contributed by atoms with Crippen LogP contribution < -0.4 is 5.56 Å². The number of aryl methyl sites for hydroxylation is 1. The Morgan fingerprint density at radius 1 is 1.10 bits per heavy atom. The summed E-state index contributed by atoms with van der Waals surface area (Å²) in [7, 11) is 0. The van der Waals surface area contributed by atoms with Crippen LogP contribution in [0.3, 0.4) is 0 Å². The molecule has 1 aromatic heterocycles. The van der Waals surface area contributed by atoms with E-state index >= 15 is 0 Å². The highest BCUT2D eigenvalue weighted by Gasteiger charge is 2.11. The van der Waals surface area contributed by atoms with E-state index in [4.69, 9.17) is 23.2 Å². The van der Waals surface area contributed by atoms with Crippen LogP contribution in [-0.4, -0.2) is 9.97 Å². The molecule has 0 aliphatic carbocycles. The second-order valence-electron chi connectivity index (χ2n) is 4.51. The van der Waals surface area contributed by atoms with Gasteiger partial charge in [-0.1, -0.05) is 41.4 Å². The number of aromatic amines is 1. The molecule has 0 atom stereocenters. The molecular formula is C15H10Cl2N2O. The molecular weight excluding hydrogens is 295 g/mol. The number of benzene rings is 2. The minimum atomic E-state index is -0.167. The lowest BCUT2D eigenvalue weighted by Gasteiger charge is -2.08. The third kappa shape index (κ3) is 2.09. The van der Waals surface area contributed by atoms with Crippen molar-refractivity contribution >= 4 is 34.1 Å². The van der Waals surface area contributed by atoms with Crippen LogP contribution >= 0.6 is 23.2 Å². The van der Waals surface area contributed by atoms with Crippen molar-refractivity contribution in [2.75, 3.05) is 0 Å². The molecule has 0 amide bonds. The number of hydrogen-bond acceptors (Lipinski definition) is 2. The van der Waals surface area contributed by atoms with Crippen molar-refractivity contribution in [3.63, 3.8) is 0 Å². The summed E-state index contributed by atoms with van der Waals surface area (Å²) >= 11 is 12.0. The Labute approximate surface area is 125 Å². The maximum Gasteiger partial charge on any atom is 0.259 e. The number of aromatic nitrogens is 2. The topological polar surface area (TPSA) is 45.8 Å². The molecule has 3 rings (SSSR count). The maximum absolute atomic E-state index is 12.1. The lowest BCUT2D eigenvalue weighted by Crippen LogP contribution is -2.08. The largest absolute Gasteiger partial charge is 0.313 e. The van der Waals surface area contributed by atoms with Gasteiger partial charge in [0.15, 0.2) is 0 Å². The first-order valence-corrected chi connectivity index (χ1v) is 6.76. The van der Waals surface area contributed by atoms with Gasteiger partial charge < -0.3 is 4.98 Å². The first kappa shape index (κ1) is 13.2. The van der Waals surface area contributed by atoms with Crippen molar-refractivity contribution < 1.29 is 0 Å². The van der Waals surface area contributed by atoms with Gasteiger partial charge in [-0.3, -0.25) is 4.79 Å². The molecule has 1 heterocycles. The van der Waals surface area contributed by atoms with Crippen LogP contribution in [0.25, 0.3) is 22.0 Å². The van der Waals surface area contributed by atoms with Crippen LogP contribution in [0, 0.1) is 6.92 Å². The molecule has 3 nitrogen and oxygen atoms in total. The molecule has 0 spiro atoms. The van der Waals surface area contributed by atoms with Crippen molar-refractivity contribution in [3.8, 4) is 11.1 Å². The van der Waals surface area contributed by atoms with E-state index in [1.807, 2.05) is 25.1 Å². The van der Waals surface area contributed by atoms with Gasteiger partial charge in [-0.05, 0) is 35.7 Å². The molecule has 5 heteroatoms. The molecule has 0 saturated heterocycles. The van der Waals surface area contributed by atoms with E-state index in [2.05, 4.69) is 9.97 Å². The third-order valence-electron chi connectivity index (χ3n) is 3.23. The van der Waals surface area contributed by atoms with Crippen LogP contribution in [0.2, 0.25) is 10.0 Å². The Kier molecular flexibility index (Phi) is 3.24. The Hall–Kier alpha value is -1.84. The monoisotopic (exact) mass is 304 g/mol. The lowest BCUT2D eigenvalue weighted by atomic mass is 9.99. The molecule has 2 aromatic carbocycles. The number of rotatable bonds is 1. The van der Waals surface area contributed by atoms with E-state index < -0.39 is 0 Å². The number of halogens is 2. The standard InChI is InChI=1S/C15H10Cl2N2O/c1-8-2-4-10(9-3-5-11(16)12(17)6-9)13-14(8)18-7-19-15(13)20/h2-7H,1H3,(H,18,19,20). The minimum absolute atomic E-state index is 0.167. The van der Waals surface area contributed by atoms with Gasteiger partial charge >= 0.3 is 0 Å². The molecule has 0 saturated carbocycles. The number of H-pyrrole nitrogens is 1. The summed E-state index contributed by atoms with van der Waals surface area (Å²) in [4.78, 5) is 19.0. The highest BCUT2D eigenvalue weighted by atomic mass is 35.5. The molecule has 0 fully saturated rings. The fourth-order valence-electron chi connectivity index (χ4n) is 2.22. The Morgan fingerprint density at radius 2 is 1.90 bits per heavy atom. The predicted octanol–water partition coefficient (Wildman–Crippen LogP) is 4.21. The summed E-state index contributed by atoms with van der Waals surface area (Å²) in [6.07, 6.45) is 1.41. The highest BCUT2D eigenvalue weighted by molar-refractivity contribution is 6.42. The molecule has 3 aromatic rings. The molecule has 0 unspecified atom stereocenters. The zero-order valence-corrected chi connectivity index (χ0v) is 12.1. The fraction of sp³-hybridized carbons (Fsp3) is 0.0667. The van der Waals surface area contributed by atoms with Crippen LogP contribution in [0.1, 0.15) is 5.56 Å². The van der Waals surface area contributed by atoms with Crippen molar-refractivity contribution in [3.05, 3.63) is 62.6 Å². The second-order valence-corrected chi connectivity index (χ2v) is 5.33. The average molecular weight is 305 g/mol. The van der Waals surface area contributed by atoms with Gasteiger partial charge in [-0.25, -0.2) is 4.98 Å². The number of hydrogen-bond donors (Lipinski definition) is 1. The van der Waals surface area contributed by atoms with Gasteiger partial charge in [0.05, 0.1) is 27.3 Å². The fourth-order valence-corrected chi connectivity index (χ4v) is 2.52. The molecule has 100 valence electrons. The van der Waals surface area contributed by atoms with E-state index in [1.165, 1.54) is 6.33 Å². The van der Waals surface area contributed by atoms with Crippen molar-refractivity contribution in [2.45, 2.75) is 6.92 Å². The minimum Gasteiger partial charge on any atom is -0.313 e. The summed E-state index contributed by atoms with van der Waals surface area (Å²) in [6.45, 7) is 1.92. The summed E-state index contributed by atoms with van der Waals surface area (Å²) in [5.74, 6) is 0. The van der Waals surface area contributed by atoms with Crippen molar-refractivity contribution in [1.29, 1.82) is 0 Å². The summed E-state index contributed by atoms with van der Waals surface area (Å²) in [5, 5.41) is 1.50. The summed E-state index contributed by atoms with van der Waals surface area (Å²) in [5.41, 5.74) is 3.11. The van der Waals surface area contributed by atoms with Gasteiger partial charge in [0.2, 0.25) is 0 Å². The molecule has 0 aliphatic rings. The van der Waals surface area contributed by atoms with Gasteiger partial charge in [0, 0.05) is 0 Å². The first-order valence-electron chi connectivity index (χ1n) is 6.00. The molecule has 0 bridgehead atoms.